The van der Waals surface area contributed by atoms with Crippen molar-refractivity contribution in [2.24, 2.45) is 23.7 Å². The van der Waals surface area contributed by atoms with Crippen LogP contribution in [0.25, 0.3) is 0 Å². The van der Waals surface area contributed by atoms with Crippen LogP contribution in [0.3, 0.4) is 0 Å². The summed E-state index contributed by atoms with van der Waals surface area (Å²) in [5, 5.41) is 4.36. The van der Waals surface area contributed by atoms with E-state index in [1.165, 1.54) is 38.5 Å². The molecule has 4 atom stereocenters. The van der Waals surface area contributed by atoms with Gasteiger partial charge in [-0.1, -0.05) is 48.5 Å². The number of hydrogen-bond donors (Lipinski definition) is 1. The fraction of sp³-hybridized carbons (Fsp3) is 0.938. The molecule has 1 N–H and O–H groups in total. The Balaban J connectivity index is 1.61. The Kier molecular flexibility index (Phi) is 3.94. The van der Waals surface area contributed by atoms with Crippen molar-refractivity contribution in [2.75, 3.05) is 5.33 Å². The molecule has 3 aliphatic rings. The molecule has 2 nitrogen and oxygen atoms in total. The highest BCUT2D eigenvalue weighted by Crippen LogP contribution is 2.55. The summed E-state index contributed by atoms with van der Waals surface area (Å²) in [5.41, 5.74) is 0.0422. The molecule has 1 amide bonds. The van der Waals surface area contributed by atoms with Crippen LogP contribution in [0.4, 0.5) is 0 Å². The van der Waals surface area contributed by atoms with Gasteiger partial charge in [0.05, 0.1) is 0 Å². The summed E-state index contributed by atoms with van der Waals surface area (Å²) in [4.78, 5) is 12.6. The molecule has 3 saturated carbocycles. The zero-order valence-electron chi connectivity index (χ0n) is 12.0. The number of amides is 1. The van der Waals surface area contributed by atoms with Crippen LogP contribution in [-0.4, -0.2) is 16.8 Å². The number of halogens is 1. The van der Waals surface area contributed by atoms with Gasteiger partial charge in [0, 0.05) is 16.8 Å². The smallest absolute Gasteiger partial charge is 0.224 e. The quantitative estimate of drug-likeness (QED) is 0.783. The Morgan fingerprint density at radius 3 is 2.47 bits per heavy atom. The minimum absolute atomic E-state index is 0.0422. The van der Waals surface area contributed by atoms with Crippen molar-refractivity contribution in [3.8, 4) is 0 Å². The normalized spacial score (nSPS) is 45.4. The molecule has 0 aromatic carbocycles. The van der Waals surface area contributed by atoms with Crippen LogP contribution in [0.5, 0.6) is 0 Å². The summed E-state index contributed by atoms with van der Waals surface area (Å²) in [6, 6.07) is 0. The van der Waals surface area contributed by atoms with Crippen LogP contribution < -0.4 is 5.32 Å². The third-order valence-corrected chi connectivity index (χ3v) is 6.77. The van der Waals surface area contributed by atoms with Crippen LogP contribution in [0, 0.1) is 23.7 Å². The molecular weight excluding hydrogens is 302 g/mol. The minimum Gasteiger partial charge on any atom is -0.350 e. The SMILES string of the molecule is CC1CCCC(CBr)(NC(=O)C2C3CCCCC32)C1. The number of carbonyl (C=O) groups excluding carboxylic acids is 1. The Morgan fingerprint density at radius 2 is 1.89 bits per heavy atom. The first-order valence-electron chi connectivity index (χ1n) is 8.03. The number of carbonyl (C=O) groups is 1. The van der Waals surface area contributed by atoms with Crippen molar-refractivity contribution in [3.05, 3.63) is 0 Å². The van der Waals surface area contributed by atoms with E-state index in [9.17, 15) is 4.79 Å². The maximum absolute atomic E-state index is 12.6. The van der Waals surface area contributed by atoms with Crippen molar-refractivity contribution in [1.29, 1.82) is 0 Å². The predicted octanol–water partition coefficient (Wildman–Crippen LogP) is 3.88. The van der Waals surface area contributed by atoms with Crippen molar-refractivity contribution < 1.29 is 4.79 Å². The molecule has 0 aliphatic heterocycles. The summed E-state index contributed by atoms with van der Waals surface area (Å²) >= 11 is 3.66. The van der Waals surface area contributed by atoms with E-state index < -0.39 is 0 Å². The van der Waals surface area contributed by atoms with Gasteiger partial charge in [0.15, 0.2) is 0 Å². The average Bonchev–Trinajstić information content (AvgIpc) is 3.13. The van der Waals surface area contributed by atoms with Crippen LogP contribution >= 0.6 is 15.9 Å². The molecule has 0 heterocycles. The summed E-state index contributed by atoms with van der Waals surface area (Å²) in [6.07, 6.45) is 10.1. The van der Waals surface area contributed by atoms with Crippen LogP contribution in [0.2, 0.25) is 0 Å². The van der Waals surface area contributed by atoms with Crippen molar-refractivity contribution >= 4 is 21.8 Å². The van der Waals surface area contributed by atoms with Gasteiger partial charge in [-0.2, -0.15) is 0 Å². The van der Waals surface area contributed by atoms with Crippen LogP contribution in [-0.2, 0) is 4.79 Å². The van der Waals surface area contributed by atoms with Gasteiger partial charge in [0.2, 0.25) is 5.91 Å². The lowest BCUT2D eigenvalue weighted by molar-refractivity contribution is -0.125. The molecule has 3 rings (SSSR count). The monoisotopic (exact) mass is 327 g/mol. The Labute approximate surface area is 125 Å². The second-order valence-corrected chi connectivity index (χ2v) is 7.80. The molecule has 3 heteroatoms. The molecule has 4 unspecified atom stereocenters. The summed E-state index contributed by atoms with van der Waals surface area (Å²) in [5.74, 6) is 2.92. The topological polar surface area (TPSA) is 29.1 Å². The van der Waals surface area contributed by atoms with Gasteiger partial charge in [-0.3, -0.25) is 4.79 Å². The highest BCUT2D eigenvalue weighted by atomic mass is 79.9. The van der Waals surface area contributed by atoms with Gasteiger partial charge < -0.3 is 5.32 Å². The fourth-order valence-electron chi connectivity index (χ4n) is 4.65. The molecular formula is C16H26BrNO. The van der Waals surface area contributed by atoms with E-state index in [0.29, 0.717) is 11.8 Å². The number of rotatable bonds is 3. The summed E-state index contributed by atoms with van der Waals surface area (Å²) in [6.45, 7) is 2.32. The third kappa shape index (κ3) is 2.72. The lowest BCUT2D eigenvalue weighted by atomic mass is 9.77. The Bertz CT molecular complexity index is 347. The van der Waals surface area contributed by atoms with E-state index in [2.05, 4.69) is 28.2 Å². The Hall–Kier alpha value is -0.0500. The predicted molar refractivity (Wildman–Crippen MR) is 81.2 cm³/mol. The molecule has 19 heavy (non-hydrogen) atoms. The van der Waals surface area contributed by atoms with Crippen LogP contribution in [0.1, 0.15) is 58.3 Å². The first kappa shape index (κ1) is 13.9. The molecule has 0 radical (unpaired) electrons. The number of hydrogen-bond acceptors (Lipinski definition) is 1. The van der Waals surface area contributed by atoms with Crippen molar-refractivity contribution in [2.45, 2.75) is 63.8 Å². The van der Waals surface area contributed by atoms with E-state index in [1.54, 1.807) is 0 Å². The average molecular weight is 328 g/mol. The summed E-state index contributed by atoms with van der Waals surface area (Å²) < 4.78 is 0. The zero-order valence-corrected chi connectivity index (χ0v) is 13.5. The van der Waals surface area contributed by atoms with Gasteiger partial charge in [-0.05, 0) is 43.4 Å². The second kappa shape index (κ2) is 5.38. The highest BCUT2D eigenvalue weighted by Gasteiger charge is 2.55. The van der Waals surface area contributed by atoms with Crippen LogP contribution in [0.15, 0.2) is 0 Å². The maximum atomic E-state index is 12.6. The minimum atomic E-state index is 0.0422. The van der Waals surface area contributed by atoms with E-state index in [0.717, 1.165) is 35.9 Å². The van der Waals surface area contributed by atoms with Crippen molar-refractivity contribution in [3.63, 3.8) is 0 Å². The molecule has 0 saturated heterocycles. The molecule has 3 aliphatic carbocycles. The van der Waals surface area contributed by atoms with Crippen molar-refractivity contribution in [1.82, 2.24) is 5.32 Å². The lowest BCUT2D eigenvalue weighted by Crippen LogP contribution is -2.53. The number of alkyl halides is 1. The third-order valence-electron chi connectivity index (χ3n) is 5.69. The Morgan fingerprint density at radius 1 is 1.21 bits per heavy atom. The molecule has 0 bridgehead atoms. The second-order valence-electron chi connectivity index (χ2n) is 7.24. The lowest BCUT2D eigenvalue weighted by Gasteiger charge is -2.39. The number of fused-ring (bicyclic) bond motifs is 1. The zero-order chi connectivity index (χ0) is 13.5. The molecule has 3 fully saturated rings. The first-order chi connectivity index (χ1) is 9.15. The standard InChI is InChI=1S/C16H26BrNO/c1-11-5-4-8-16(9-11,10-17)18-15(19)14-12-6-2-3-7-13(12)14/h11-14H,2-10H2,1H3,(H,18,19). The molecule has 0 aromatic heterocycles. The maximum Gasteiger partial charge on any atom is 0.224 e. The number of nitrogens with one attached hydrogen (secondary N) is 1. The van der Waals surface area contributed by atoms with E-state index in [1.807, 2.05) is 0 Å². The van der Waals surface area contributed by atoms with Gasteiger partial charge >= 0.3 is 0 Å². The van der Waals surface area contributed by atoms with Gasteiger partial charge in [-0.15, -0.1) is 0 Å². The molecule has 0 spiro atoms. The highest BCUT2D eigenvalue weighted by molar-refractivity contribution is 9.09. The van der Waals surface area contributed by atoms with E-state index >= 15 is 0 Å². The first-order valence-corrected chi connectivity index (χ1v) is 9.15. The van der Waals surface area contributed by atoms with Gasteiger partial charge in [0.1, 0.15) is 0 Å². The van der Waals surface area contributed by atoms with E-state index in [4.69, 9.17) is 0 Å². The largest absolute Gasteiger partial charge is 0.350 e. The van der Waals surface area contributed by atoms with E-state index in [-0.39, 0.29) is 5.54 Å². The van der Waals surface area contributed by atoms with Gasteiger partial charge in [-0.25, -0.2) is 0 Å². The molecule has 0 aromatic rings. The summed E-state index contributed by atoms with van der Waals surface area (Å²) in [7, 11) is 0. The van der Waals surface area contributed by atoms with Gasteiger partial charge in [0.25, 0.3) is 0 Å². The molecule has 108 valence electrons. The fourth-order valence-corrected chi connectivity index (χ4v) is 5.30.